The second-order valence-electron chi connectivity index (χ2n) is 7.27. The minimum absolute atomic E-state index is 0.00167. The first-order valence-corrected chi connectivity index (χ1v) is 8.68. The van der Waals surface area contributed by atoms with Crippen molar-refractivity contribution in [1.82, 2.24) is 5.32 Å². The maximum atomic E-state index is 12.0. The Hall–Kier alpha value is -1.88. The molecule has 24 heavy (non-hydrogen) atoms. The number of nitrogens with zero attached hydrogens (tertiary/aromatic N) is 1. The monoisotopic (exact) mass is 332 g/mol. The lowest BCUT2D eigenvalue weighted by molar-refractivity contribution is -0.120. The SMILES string of the molecule is CC(C)(CO)CCCNC(=O)Cc1ccc(N2CCCC2=O)cc1. The Balaban J connectivity index is 1.75. The molecule has 1 aromatic rings. The number of hydrogen-bond donors (Lipinski definition) is 2. The predicted molar refractivity (Wildman–Crippen MR) is 94.8 cm³/mol. The van der Waals surface area contributed by atoms with Crippen LogP contribution in [-0.2, 0) is 16.0 Å². The molecule has 5 nitrogen and oxygen atoms in total. The molecular weight excluding hydrogens is 304 g/mol. The Morgan fingerprint density at radius 2 is 2.00 bits per heavy atom. The predicted octanol–water partition coefficient (Wildman–Crippen LogP) is 2.27. The van der Waals surface area contributed by atoms with Gasteiger partial charge in [0.15, 0.2) is 0 Å². The van der Waals surface area contributed by atoms with E-state index in [1.54, 1.807) is 4.90 Å². The average Bonchev–Trinajstić information content (AvgIpc) is 2.98. The van der Waals surface area contributed by atoms with Gasteiger partial charge in [-0.15, -0.1) is 0 Å². The zero-order valence-electron chi connectivity index (χ0n) is 14.7. The Bertz CT molecular complexity index is 566. The van der Waals surface area contributed by atoms with Gasteiger partial charge in [-0.05, 0) is 42.4 Å². The third-order valence-electron chi connectivity index (χ3n) is 4.47. The van der Waals surface area contributed by atoms with Crippen LogP contribution in [0.1, 0.15) is 45.1 Å². The third-order valence-corrected chi connectivity index (χ3v) is 4.47. The van der Waals surface area contributed by atoms with Gasteiger partial charge in [-0.25, -0.2) is 0 Å². The molecule has 1 aliphatic rings. The van der Waals surface area contributed by atoms with Crippen molar-refractivity contribution >= 4 is 17.5 Å². The Labute approximate surface area is 144 Å². The van der Waals surface area contributed by atoms with Crippen molar-refractivity contribution in [3.8, 4) is 0 Å². The molecule has 1 saturated heterocycles. The van der Waals surface area contributed by atoms with Gasteiger partial charge in [0.25, 0.3) is 0 Å². The van der Waals surface area contributed by atoms with Crippen LogP contribution >= 0.6 is 0 Å². The first-order valence-electron chi connectivity index (χ1n) is 8.68. The van der Waals surface area contributed by atoms with Crippen LogP contribution in [0, 0.1) is 5.41 Å². The molecule has 1 heterocycles. The quantitative estimate of drug-likeness (QED) is 0.718. The summed E-state index contributed by atoms with van der Waals surface area (Å²) >= 11 is 0. The van der Waals surface area contributed by atoms with Gasteiger partial charge in [-0.3, -0.25) is 9.59 Å². The van der Waals surface area contributed by atoms with Gasteiger partial charge >= 0.3 is 0 Å². The lowest BCUT2D eigenvalue weighted by Gasteiger charge is -2.21. The van der Waals surface area contributed by atoms with Crippen LogP contribution < -0.4 is 10.2 Å². The third kappa shape index (κ3) is 5.34. The largest absolute Gasteiger partial charge is 0.396 e. The summed E-state index contributed by atoms with van der Waals surface area (Å²) in [5.41, 5.74) is 1.76. The molecule has 2 rings (SSSR count). The van der Waals surface area contributed by atoms with Gasteiger partial charge in [0.2, 0.25) is 11.8 Å². The van der Waals surface area contributed by atoms with Gasteiger partial charge in [0.1, 0.15) is 0 Å². The fraction of sp³-hybridized carbons (Fsp3) is 0.579. The summed E-state index contributed by atoms with van der Waals surface area (Å²) in [5, 5.41) is 12.1. The zero-order valence-corrected chi connectivity index (χ0v) is 14.7. The number of aliphatic hydroxyl groups is 1. The average molecular weight is 332 g/mol. The lowest BCUT2D eigenvalue weighted by Crippen LogP contribution is -2.27. The molecule has 1 aliphatic heterocycles. The van der Waals surface area contributed by atoms with Crippen molar-refractivity contribution in [2.75, 3.05) is 24.6 Å². The molecular formula is C19H28N2O3. The summed E-state index contributed by atoms with van der Waals surface area (Å²) in [4.78, 5) is 25.5. The molecule has 0 saturated carbocycles. The number of amides is 2. The standard InChI is InChI=1S/C19H28N2O3/c1-19(2,14-22)10-4-11-20-17(23)13-15-6-8-16(9-7-15)21-12-3-5-18(21)24/h6-9,22H,3-5,10-14H2,1-2H3,(H,20,23). The van der Waals surface area contributed by atoms with E-state index in [1.807, 2.05) is 38.1 Å². The maximum absolute atomic E-state index is 12.0. The van der Waals surface area contributed by atoms with Crippen molar-refractivity contribution in [2.45, 2.75) is 46.0 Å². The molecule has 0 aromatic heterocycles. The highest BCUT2D eigenvalue weighted by Crippen LogP contribution is 2.22. The highest BCUT2D eigenvalue weighted by molar-refractivity contribution is 5.95. The number of carbonyl (C=O) groups excluding carboxylic acids is 2. The summed E-state index contributed by atoms with van der Waals surface area (Å²) in [6.45, 7) is 5.60. The number of benzene rings is 1. The van der Waals surface area contributed by atoms with Crippen LogP contribution in [0.2, 0.25) is 0 Å². The fourth-order valence-corrected chi connectivity index (χ4v) is 2.84. The lowest BCUT2D eigenvalue weighted by atomic mass is 9.89. The molecule has 0 unspecified atom stereocenters. The fourth-order valence-electron chi connectivity index (χ4n) is 2.84. The van der Waals surface area contributed by atoms with Gasteiger partial charge in [0, 0.05) is 31.8 Å². The molecule has 1 fully saturated rings. The van der Waals surface area contributed by atoms with Crippen molar-refractivity contribution in [3.63, 3.8) is 0 Å². The number of carbonyl (C=O) groups is 2. The highest BCUT2D eigenvalue weighted by Gasteiger charge is 2.21. The molecule has 2 N–H and O–H groups in total. The van der Waals surface area contributed by atoms with E-state index < -0.39 is 0 Å². The van der Waals surface area contributed by atoms with Gasteiger partial charge in [-0.2, -0.15) is 0 Å². The zero-order chi connectivity index (χ0) is 17.6. The Morgan fingerprint density at radius 1 is 1.29 bits per heavy atom. The molecule has 5 heteroatoms. The number of nitrogens with one attached hydrogen (secondary N) is 1. The Morgan fingerprint density at radius 3 is 2.58 bits per heavy atom. The van der Waals surface area contributed by atoms with E-state index in [0.29, 0.717) is 19.4 Å². The van der Waals surface area contributed by atoms with Crippen LogP contribution in [0.25, 0.3) is 0 Å². The topological polar surface area (TPSA) is 69.6 Å². The van der Waals surface area contributed by atoms with E-state index in [0.717, 1.165) is 37.1 Å². The molecule has 0 aliphatic carbocycles. The van der Waals surface area contributed by atoms with E-state index in [2.05, 4.69) is 5.32 Å². The molecule has 1 aromatic carbocycles. The molecule has 132 valence electrons. The van der Waals surface area contributed by atoms with Crippen molar-refractivity contribution in [1.29, 1.82) is 0 Å². The summed E-state index contributed by atoms with van der Waals surface area (Å²) in [6.07, 6.45) is 3.61. The molecule has 0 spiro atoms. The van der Waals surface area contributed by atoms with E-state index in [-0.39, 0.29) is 23.8 Å². The van der Waals surface area contributed by atoms with Crippen molar-refractivity contribution in [3.05, 3.63) is 29.8 Å². The molecule has 2 amide bonds. The van der Waals surface area contributed by atoms with Crippen molar-refractivity contribution in [2.24, 2.45) is 5.41 Å². The van der Waals surface area contributed by atoms with Crippen LogP contribution in [-0.4, -0.2) is 36.6 Å². The van der Waals surface area contributed by atoms with E-state index >= 15 is 0 Å². The molecule has 0 bridgehead atoms. The van der Waals surface area contributed by atoms with Crippen LogP contribution in [0.15, 0.2) is 24.3 Å². The van der Waals surface area contributed by atoms with Gasteiger partial charge in [-0.1, -0.05) is 26.0 Å². The van der Waals surface area contributed by atoms with Crippen molar-refractivity contribution < 1.29 is 14.7 Å². The Kier molecular flexibility index (Phi) is 6.37. The molecule has 0 atom stereocenters. The first kappa shape index (κ1) is 18.5. The smallest absolute Gasteiger partial charge is 0.227 e. The normalized spacial score (nSPS) is 15.0. The number of aliphatic hydroxyl groups excluding tert-OH is 1. The van der Waals surface area contributed by atoms with Gasteiger partial charge < -0.3 is 15.3 Å². The van der Waals surface area contributed by atoms with Gasteiger partial charge in [0.05, 0.1) is 6.42 Å². The number of anilines is 1. The number of rotatable bonds is 8. The van der Waals surface area contributed by atoms with E-state index in [1.165, 1.54) is 0 Å². The number of hydrogen-bond acceptors (Lipinski definition) is 3. The molecule has 0 radical (unpaired) electrons. The summed E-state index contributed by atoms with van der Waals surface area (Å²) in [5.74, 6) is 0.174. The van der Waals surface area contributed by atoms with E-state index in [4.69, 9.17) is 0 Å². The van der Waals surface area contributed by atoms with Crippen LogP contribution in [0.4, 0.5) is 5.69 Å². The minimum atomic E-state index is -0.0897. The summed E-state index contributed by atoms with van der Waals surface area (Å²) in [7, 11) is 0. The first-order chi connectivity index (χ1) is 11.4. The highest BCUT2D eigenvalue weighted by atomic mass is 16.3. The second kappa shape index (κ2) is 8.29. The minimum Gasteiger partial charge on any atom is -0.396 e. The summed E-state index contributed by atoms with van der Waals surface area (Å²) < 4.78 is 0. The van der Waals surface area contributed by atoms with Crippen LogP contribution in [0.3, 0.4) is 0 Å². The summed E-state index contributed by atoms with van der Waals surface area (Å²) in [6, 6.07) is 7.65. The van der Waals surface area contributed by atoms with Crippen LogP contribution in [0.5, 0.6) is 0 Å². The second-order valence-corrected chi connectivity index (χ2v) is 7.27. The maximum Gasteiger partial charge on any atom is 0.227 e. The van der Waals surface area contributed by atoms with E-state index in [9.17, 15) is 14.7 Å².